The summed E-state index contributed by atoms with van der Waals surface area (Å²) in [6.07, 6.45) is 64.0. The number of hydrogen-bond donors (Lipinski definition) is 0. The van der Waals surface area contributed by atoms with E-state index in [9.17, 15) is 14.4 Å². The molecule has 0 aliphatic rings. The molecule has 0 amide bonds. The fourth-order valence-corrected chi connectivity index (χ4v) is 6.43. The third-order valence-corrected chi connectivity index (χ3v) is 10.1. The van der Waals surface area contributed by atoms with Crippen molar-refractivity contribution >= 4 is 17.9 Å². The van der Waals surface area contributed by atoms with Crippen LogP contribution < -0.4 is 0 Å². The highest BCUT2D eigenvalue weighted by atomic mass is 16.6. The van der Waals surface area contributed by atoms with E-state index in [1.807, 2.05) is 0 Å². The van der Waals surface area contributed by atoms with E-state index < -0.39 is 6.10 Å². The van der Waals surface area contributed by atoms with Crippen molar-refractivity contribution in [1.82, 2.24) is 0 Å². The summed E-state index contributed by atoms with van der Waals surface area (Å²) in [5.74, 6) is -0.978. The Morgan fingerprint density at radius 3 is 1.07 bits per heavy atom. The fourth-order valence-electron chi connectivity index (χ4n) is 6.43. The number of carbonyl (C=O) groups excluding carboxylic acids is 3. The number of esters is 3. The van der Waals surface area contributed by atoms with Crippen molar-refractivity contribution in [2.24, 2.45) is 0 Å². The third kappa shape index (κ3) is 47.2. The quantitative estimate of drug-likeness (QED) is 0.0263. The second-order valence-electron chi connectivity index (χ2n) is 16.0. The van der Waals surface area contributed by atoms with Crippen LogP contribution in [0.1, 0.15) is 213 Å². The molecule has 0 aromatic heterocycles. The Hall–Kier alpha value is -3.67. The maximum Gasteiger partial charge on any atom is 0.306 e. The molecule has 61 heavy (non-hydrogen) atoms. The minimum absolute atomic E-state index is 0.0994. The highest BCUT2D eigenvalue weighted by Crippen LogP contribution is 2.13. The number of unbranched alkanes of at least 4 members (excludes halogenated alkanes) is 16. The van der Waals surface area contributed by atoms with E-state index in [2.05, 4.69) is 118 Å². The van der Waals surface area contributed by atoms with Crippen LogP contribution in [0.4, 0.5) is 0 Å². The summed E-state index contributed by atoms with van der Waals surface area (Å²) in [4.78, 5) is 37.8. The van der Waals surface area contributed by atoms with Gasteiger partial charge in [0, 0.05) is 19.3 Å². The first kappa shape index (κ1) is 57.3. The van der Waals surface area contributed by atoms with Crippen molar-refractivity contribution < 1.29 is 28.6 Å². The van der Waals surface area contributed by atoms with E-state index in [0.717, 1.165) is 103 Å². The summed E-state index contributed by atoms with van der Waals surface area (Å²) in [7, 11) is 0. The highest BCUT2D eigenvalue weighted by molar-refractivity contribution is 5.71. The molecule has 0 aliphatic carbocycles. The number of hydrogen-bond acceptors (Lipinski definition) is 6. The van der Waals surface area contributed by atoms with Gasteiger partial charge in [-0.2, -0.15) is 0 Å². The lowest BCUT2D eigenvalue weighted by atomic mass is 10.1. The third-order valence-electron chi connectivity index (χ3n) is 10.1. The molecule has 0 aromatic carbocycles. The first-order valence-electron chi connectivity index (χ1n) is 24.7. The Bertz CT molecular complexity index is 1250. The van der Waals surface area contributed by atoms with E-state index in [1.165, 1.54) is 64.2 Å². The molecule has 0 spiro atoms. The van der Waals surface area contributed by atoms with Crippen molar-refractivity contribution in [2.75, 3.05) is 13.2 Å². The summed E-state index contributed by atoms with van der Waals surface area (Å²) < 4.78 is 16.7. The molecule has 0 rings (SSSR count). The molecule has 0 saturated heterocycles. The average molecular weight is 847 g/mol. The largest absolute Gasteiger partial charge is 0.462 e. The van der Waals surface area contributed by atoms with Crippen LogP contribution in [0.25, 0.3) is 0 Å². The van der Waals surface area contributed by atoms with Crippen LogP contribution in [0.15, 0.2) is 97.2 Å². The minimum atomic E-state index is -0.803. The van der Waals surface area contributed by atoms with Crippen LogP contribution in [0.3, 0.4) is 0 Å². The van der Waals surface area contributed by atoms with Crippen LogP contribution in [0, 0.1) is 0 Å². The highest BCUT2D eigenvalue weighted by Gasteiger charge is 2.19. The first-order valence-corrected chi connectivity index (χ1v) is 24.7. The summed E-state index contributed by atoms with van der Waals surface area (Å²) in [5.41, 5.74) is 0. The molecule has 0 radical (unpaired) electrons. The molecule has 346 valence electrons. The molecule has 0 fully saturated rings. The first-order chi connectivity index (χ1) is 30.0. The summed E-state index contributed by atoms with van der Waals surface area (Å²) in [6, 6.07) is 0. The van der Waals surface area contributed by atoms with Gasteiger partial charge in [0.1, 0.15) is 13.2 Å². The van der Waals surface area contributed by atoms with Gasteiger partial charge in [0.2, 0.25) is 0 Å². The zero-order valence-electron chi connectivity index (χ0n) is 39.4. The van der Waals surface area contributed by atoms with Crippen molar-refractivity contribution in [1.29, 1.82) is 0 Å². The Morgan fingerprint density at radius 1 is 0.344 bits per heavy atom. The van der Waals surface area contributed by atoms with E-state index in [4.69, 9.17) is 14.2 Å². The predicted octanol–water partition coefficient (Wildman–Crippen LogP) is 16.2. The van der Waals surface area contributed by atoms with Crippen molar-refractivity contribution in [3.05, 3.63) is 97.2 Å². The number of allylic oxidation sites excluding steroid dienone is 16. The Kier molecular flexibility index (Phi) is 46.0. The lowest BCUT2D eigenvalue weighted by molar-refractivity contribution is -0.167. The second kappa shape index (κ2) is 49.0. The lowest BCUT2D eigenvalue weighted by Crippen LogP contribution is -2.30. The zero-order valence-corrected chi connectivity index (χ0v) is 39.4. The molecular formula is C55H90O6. The molecule has 0 saturated carbocycles. The van der Waals surface area contributed by atoms with Gasteiger partial charge in [-0.3, -0.25) is 14.4 Å². The molecule has 6 heteroatoms. The van der Waals surface area contributed by atoms with E-state index in [-0.39, 0.29) is 37.5 Å². The minimum Gasteiger partial charge on any atom is -0.462 e. The van der Waals surface area contributed by atoms with Crippen molar-refractivity contribution in [3.63, 3.8) is 0 Å². The normalized spacial score (nSPS) is 12.9. The van der Waals surface area contributed by atoms with Gasteiger partial charge >= 0.3 is 17.9 Å². The van der Waals surface area contributed by atoms with E-state index in [0.29, 0.717) is 19.3 Å². The van der Waals surface area contributed by atoms with E-state index >= 15 is 0 Å². The fraction of sp³-hybridized carbons (Fsp3) is 0.655. The number of carbonyl (C=O) groups is 3. The smallest absolute Gasteiger partial charge is 0.306 e. The zero-order chi connectivity index (χ0) is 44.4. The van der Waals surface area contributed by atoms with Crippen LogP contribution in [-0.4, -0.2) is 37.2 Å². The maximum atomic E-state index is 12.8. The van der Waals surface area contributed by atoms with Crippen LogP contribution in [0.5, 0.6) is 0 Å². The molecule has 0 N–H and O–H groups in total. The van der Waals surface area contributed by atoms with Crippen LogP contribution in [-0.2, 0) is 28.6 Å². The molecule has 1 unspecified atom stereocenters. The molecule has 6 nitrogen and oxygen atoms in total. The lowest BCUT2D eigenvalue weighted by Gasteiger charge is -2.18. The molecule has 0 aromatic rings. The predicted molar refractivity (Wildman–Crippen MR) is 260 cm³/mol. The van der Waals surface area contributed by atoms with Gasteiger partial charge < -0.3 is 14.2 Å². The van der Waals surface area contributed by atoms with Gasteiger partial charge in [-0.15, -0.1) is 0 Å². The van der Waals surface area contributed by atoms with Crippen molar-refractivity contribution in [3.8, 4) is 0 Å². The Labute approximate surface area is 375 Å². The van der Waals surface area contributed by atoms with Gasteiger partial charge in [0.25, 0.3) is 0 Å². The van der Waals surface area contributed by atoms with Crippen LogP contribution in [0.2, 0.25) is 0 Å². The molecule has 1 atom stereocenters. The maximum absolute atomic E-state index is 12.8. The monoisotopic (exact) mass is 847 g/mol. The van der Waals surface area contributed by atoms with E-state index in [1.54, 1.807) is 0 Å². The van der Waals surface area contributed by atoms with Gasteiger partial charge in [-0.05, 0) is 89.9 Å². The number of ether oxygens (including phenoxy) is 3. The van der Waals surface area contributed by atoms with Gasteiger partial charge in [0.15, 0.2) is 6.10 Å². The average Bonchev–Trinajstić information content (AvgIpc) is 3.26. The second-order valence-corrected chi connectivity index (χ2v) is 16.0. The topological polar surface area (TPSA) is 78.9 Å². The Morgan fingerprint density at radius 2 is 0.656 bits per heavy atom. The SMILES string of the molecule is CC/C=C\C/C=C\C/C=C\C/C=C\C/C=C\CCCC(=O)OCC(COC(=O)CCCCCCCCCCC)OC(=O)CCCCCCCCC/C=C\C/C=C\C/C=C\CC. The summed E-state index contributed by atoms with van der Waals surface area (Å²) >= 11 is 0. The Balaban J connectivity index is 4.46. The molecule has 0 aliphatic heterocycles. The molecular weight excluding hydrogens is 757 g/mol. The summed E-state index contributed by atoms with van der Waals surface area (Å²) in [6.45, 7) is 6.32. The van der Waals surface area contributed by atoms with Gasteiger partial charge in [-0.1, -0.05) is 201 Å². The van der Waals surface area contributed by atoms with Gasteiger partial charge in [0.05, 0.1) is 0 Å². The molecule has 0 bridgehead atoms. The standard InChI is InChI=1S/C55H90O6/c1-4-7-10-13-16-19-21-23-25-27-29-31-33-36-39-42-45-48-54(57)60-51-52(50-59-53(56)47-44-41-38-35-18-15-12-9-6-3)61-55(58)49-46-43-40-37-34-32-30-28-26-24-22-20-17-14-11-8-5-2/h7-8,10-11,16-17,19-20,23-26,29,31,36,39,52H,4-6,9,12-15,18,21-22,27-28,30,32-35,37-38,40-51H2,1-3H3/b10-7-,11-8-,19-16-,20-17-,25-23-,26-24-,31-29-,39-36-. The number of rotatable bonds is 43. The van der Waals surface area contributed by atoms with Gasteiger partial charge in [-0.25, -0.2) is 0 Å². The van der Waals surface area contributed by atoms with Crippen LogP contribution >= 0.6 is 0 Å². The van der Waals surface area contributed by atoms with Crippen molar-refractivity contribution in [2.45, 2.75) is 219 Å². The molecule has 0 heterocycles. The summed E-state index contributed by atoms with van der Waals surface area (Å²) in [5, 5.41) is 0.